The molecule has 0 spiro atoms. The van der Waals surface area contributed by atoms with Crippen LogP contribution in [0.3, 0.4) is 0 Å². The van der Waals surface area contributed by atoms with Crippen LogP contribution < -0.4 is 4.90 Å². The van der Waals surface area contributed by atoms with Gasteiger partial charge < -0.3 is 10.0 Å². The Balaban J connectivity index is 0.000000268. The summed E-state index contributed by atoms with van der Waals surface area (Å²) >= 11 is 0.817. The van der Waals surface area contributed by atoms with Crippen LogP contribution in [0.1, 0.15) is 25.5 Å². The van der Waals surface area contributed by atoms with Gasteiger partial charge in [-0.2, -0.15) is 9.97 Å². The highest BCUT2D eigenvalue weighted by Gasteiger charge is 2.04. The van der Waals surface area contributed by atoms with Gasteiger partial charge in [0.25, 0.3) is 0 Å². The summed E-state index contributed by atoms with van der Waals surface area (Å²) in [5.41, 5.74) is 0. The van der Waals surface area contributed by atoms with E-state index >= 15 is 0 Å². The van der Waals surface area contributed by atoms with E-state index in [4.69, 9.17) is 5.26 Å². The van der Waals surface area contributed by atoms with Crippen LogP contribution >= 0.6 is 12.0 Å². The number of phenolic OH excluding ortho intramolecular Hbond substituents is 1. The average molecular weight is 407 g/mol. The van der Waals surface area contributed by atoms with Crippen LogP contribution in [0.15, 0.2) is 41.3 Å². The minimum Gasteiger partial charge on any atom is -0.507 e. The molecule has 0 atom stereocenters. The number of hydrogen-bond acceptors (Lipinski definition) is 9. The molecule has 0 aliphatic rings. The zero-order chi connectivity index (χ0) is 21.1. The molecule has 0 bridgehead atoms. The molecule has 0 fully saturated rings. The van der Waals surface area contributed by atoms with Gasteiger partial charge in [-0.1, -0.05) is 43.2 Å². The zero-order valence-electron chi connectivity index (χ0n) is 16.9. The maximum atomic E-state index is 9.68. The lowest BCUT2D eigenvalue weighted by molar-refractivity contribution is -0.432. The summed E-state index contributed by atoms with van der Waals surface area (Å²) in [6.45, 7) is 7.73. The normalized spacial score (nSPS) is 9.82. The van der Waals surface area contributed by atoms with Gasteiger partial charge >= 0.3 is 0 Å². The van der Waals surface area contributed by atoms with Gasteiger partial charge in [0.2, 0.25) is 5.95 Å². The van der Waals surface area contributed by atoms with E-state index in [-0.39, 0.29) is 5.75 Å². The first kappa shape index (κ1) is 23.6. The van der Waals surface area contributed by atoms with Crippen LogP contribution in [0.5, 0.6) is 5.75 Å². The van der Waals surface area contributed by atoms with Crippen LogP contribution in [-0.2, 0) is 9.37 Å². The van der Waals surface area contributed by atoms with Crippen molar-refractivity contribution in [1.29, 1.82) is 0 Å². The van der Waals surface area contributed by atoms with Crippen molar-refractivity contribution in [2.75, 3.05) is 19.0 Å². The third-order valence-electron chi connectivity index (χ3n) is 3.22. The first-order valence-electron chi connectivity index (χ1n) is 8.64. The van der Waals surface area contributed by atoms with E-state index in [0.29, 0.717) is 4.90 Å². The molecule has 1 aromatic heterocycles. The summed E-state index contributed by atoms with van der Waals surface area (Å²) < 4.78 is 4.28. The smallest absolute Gasteiger partial charge is 0.228 e. The van der Waals surface area contributed by atoms with Crippen molar-refractivity contribution < 1.29 is 19.7 Å². The Morgan fingerprint density at radius 1 is 0.964 bits per heavy atom. The molecule has 28 heavy (non-hydrogen) atoms. The molecular weight excluding hydrogens is 380 g/mol. The number of nitrogens with zero attached hydrogens (tertiary/aromatic N) is 4. The van der Waals surface area contributed by atoms with Crippen molar-refractivity contribution in [1.82, 2.24) is 15.0 Å². The lowest BCUT2D eigenvalue weighted by Crippen LogP contribution is -2.14. The molecule has 3 aromatic rings. The largest absolute Gasteiger partial charge is 0.507 e. The maximum absolute atomic E-state index is 9.68. The molecule has 0 saturated heterocycles. The number of anilines is 1. The number of hydrogen-bond donors (Lipinski definition) is 2. The Hall–Kier alpha value is -2.46. The van der Waals surface area contributed by atoms with Crippen molar-refractivity contribution in [3.8, 4) is 5.75 Å². The van der Waals surface area contributed by atoms with Crippen LogP contribution in [0.4, 0.5) is 5.95 Å². The molecule has 2 aromatic carbocycles. The van der Waals surface area contributed by atoms with Crippen LogP contribution in [0, 0.1) is 13.8 Å². The first-order chi connectivity index (χ1) is 13.4. The summed E-state index contributed by atoms with van der Waals surface area (Å²) in [6, 6.07) is 10.8. The number of phenols is 1. The molecule has 1 heterocycles. The Morgan fingerprint density at radius 3 is 2.14 bits per heavy atom. The Bertz CT molecular complexity index is 857. The predicted molar refractivity (Wildman–Crippen MR) is 111 cm³/mol. The highest BCUT2D eigenvalue weighted by molar-refractivity contribution is 7.94. The van der Waals surface area contributed by atoms with Gasteiger partial charge in [-0.15, -0.1) is 4.33 Å². The van der Waals surface area contributed by atoms with Crippen molar-refractivity contribution >= 4 is 28.8 Å². The molecule has 0 unspecified atom stereocenters. The number of aryl methyl sites for hydroxylation is 2. The molecule has 0 aliphatic heterocycles. The Labute approximate surface area is 169 Å². The van der Waals surface area contributed by atoms with Gasteiger partial charge in [-0.25, -0.2) is 10.2 Å². The lowest BCUT2D eigenvalue weighted by atomic mass is 10.1. The number of aromatic nitrogens is 3. The zero-order valence-corrected chi connectivity index (χ0v) is 17.7. The SMILES string of the molecule is CC.Cc1nc(C)nc(N(C)C)n1.OOOSc1cc(O)c2ccccc2c1. The van der Waals surface area contributed by atoms with Crippen molar-refractivity contribution in [3.63, 3.8) is 0 Å². The fourth-order valence-electron chi connectivity index (χ4n) is 2.16. The Morgan fingerprint density at radius 2 is 1.57 bits per heavy atom. The summed E-state index contributed by atoms with van der Waals surface area (Å²) in [5.74, 6) is 2.41. The van der Waals surface area contributed by atoms with E-state index < -0.39 is 0 Å². The van der Waals surface area contributed by atoms with Crippen molar-refractivity contribution in [2.24, 2.45) is 0 Å². The lowest BCUT2D eigenvalue weighted by Gasteiger charge is -2.09. The summed E-state index contributed by atoms with van der Waals surface area (Å²) in [4.78, 5) is 14.8. The van der Waals surface area contributed by atoms with E-state index in [9.17, 15) is 5.11 Å². The predicted octanol–water partition coefficient (Wildman–Crippen LogP) is 4.55. The van der Waals surface area contributed by atoms with Crippen LogP contribution in [0.2, 0.25) is 0 Å². The Kier molecular flexibility index (Phi) is 10.2. The number of rotatable bonds is 4. The third-order valence-corrected chi connectivity index (χ3v) is 3.78. The number of fused-ring (bicyclic) bond motifs is 1. The molecular formula is C19H26N4O4S. The quantitative estimate of drug-likeness (QED) is 0.367. The minimum atomic E-state index is 0.164. The van der Waals surface area contributed by atoms with Crippen LogP contribution in [0.25, 0.3) is 10.8 Å². The van der Waals surface area contributed by atoms with Gasteiger partial charge in [0.15, 0.2) is 0 Å². The summed E-state index contributed by atoms with van der Waals surface area (Å²) in [6.07, 6.45) is 0. The molecule has 0 aliphatic carbocycles. The highest BCUT2D eigenvalue weighted by atomic mass is 32.2. The van der Waals surface area contributed by atoms with Crippen LogP contribution in [-0.4, -0.2) is 39.4 Å². The summed E-state index contributed by atoms with van der Waals surface area (Å²) in [5, 5.41) is 22.8. The van der Waals surface area contributed by atoms with Gasteiger partial charge in [0.1, 0.15) is 17.4 Å². The second kappa shape index (κ2) is 12.1. The van der Waals surface area contributed by atoms with E-state index in [1.54, 1.807) is 0 Å². The molecule has 152 valence electrons. The highest BCUT2D eigenvalue weighted by Crippen LogP contribution is 2.31. The van der Waals surface area contributed by atoms with E-state index in [1.165, 1.54) is 6.07 Å². The standard InChI is InChI=1S/C10H8O4S.C7H12N4.C2H6/c11-10-6-8(15-14-13-12)5-7-3-1-2-4-9(7)10;1-5-8-6(2)10-7(9-5)11(3)4;1-2/h1-6,11-12H;1-4H3;1-2H3. The molecule has 0 radical (unpaired) electrons. The van der Waals surface area contributed by atoms with Gasteiger partial charge in [-0.3, -0.25) is 0 Å². The minimum absolute atomic E-state index is 0.164. The van der Waals surface area contributed by atoms with Gasteiger partial charge in [0, 0.05) is 24.4 Å². The molecule has 8 nitrogen and oxygen atoms in total. The van der Waals surface area contributed by atoms with Crippen molar-refractivity contribution in [3.05, 3.63) is 48.0 Å². The topological polar surface area (TPSA) is 101 Å². The molecule has 2 N–H and O–H groups in total. The monoisotopic (exact) mass is 406 g/mol. The molecule has 0 amide bonds. The first-order valence-corrected chi connectivity index (χ1v) is 9.38. The van der Waals surface area contributed by atoms with Gasteiger partial charge in [0.05, 0.1) is 12.0 Å². The van der Waals surface area contributed by atoms with E-state index in [0.717, 1.165) is 40.4 Å². The fraction of sp³-hybridized carbons (Fsp3) is 0.316. The maximum Gasteiger partial charge on any atom is 0.228 e. The fourth-order valence-corrected chi connectivity index (χ4v) is 2.61. The van der Waals surface area contributed by atoms with Crippen molar-refractivity contribution in [2.45, 2.75) is 32.6 Å². The van der Waals surface area contributed by atoms with E-state index in [2.05, 4.69) is 24.3 Å². The second-order valence-corrected chi connectivity index (χ2v) is 6.29. The molecule has 3 rings (SSSR count). The number of aromatic hydroxyl groups is 1. The second-order valence-electron chi connectivity index (χ2n) is 5.51. The summed E-state index contributed by atoms with van der Waals surface area (Å²) in [7, 11) is 3.82. The average Bonchev–Trinajstić information content (AvgIpc) is 2.68. The third kappa shape index (κ3) is 7.28. The molecule has 0 saturated carbocycles. The molecule has 9 heteroatoms. The van der Waals surface area contributed by atoms with Gasteiger partial charge in [-0.05, 0) is 31.4 Å². The van der Waals surface area contributed by atoms with E-state index in [1.807, 2.05) is 77.0 Å². The number of benzene rings is 2.